The molecule has 3 aromatic carbocycles. The average Bonchev–Trinajstić information content (AvgIpc) is 3.30. The molecule has 5 rings (SSSR count). The smallest absolute Gasteiger partial charge is 0.335 e. The lowest BCUT2D eigenvalue weighted by molar-refractivity contribution is -0.122. The number of carboxylic acids is 1. The van der Waals surface area contributed by atoms with Gasteiger partial charge in [-0.05, 0) is 133 Å². The van der Waals surface area contributed by atoms with Crippen LogP contribution in [-0.2, 0) is 11.4 Å². The number of aliphatic imine (C=N–C) groups is 1. The largest absolute Gasteiger partial charge is 0.490 e. The average molecular weight is 712 g/mol. The summed E-state index contributed by atoms with van der Waals surface area (Å²) in [5.41, 5.74) is 3.80. The highest BCUT2D eigenvalue weighted by atomic mass is 127. The van der Waals surface area contributed by atoms with Crippen molar-refractivity contribution in [2.24, 2.45) is 4.99 Å². The van der Waals surface area contributed by atoms with E-state index >= 15 is 0 Å². The minimum atomic E-state index is -0.983. The van der Waals surface area contributed by atoms with Gasteiger partial charge in [0.05, 0.1) is 26.3 Å². The fourth-order valence-corrected chi connectivity index (χ4v) is 6.89. The van der Waals surface area contributed by atoms with Crippen LogP contribution < -0.4 is 14.4 Å². The highest BCUT2D eigenvalue weighted by Crippen LogP contribution is 2.38. The zero-order valence-corrected chi connectivity index (χ0v) is 27.2. The van der Waals surface area contributed by atoms with Gasteiger partial charge >= 0.3 is 5.97 Å². The lowest BCUT2D eigenvalue weighted by atomic mass is 10.1. The molecule has 1 N–H and O–H groups in total. The predicted molar refractivity (Wildman–Crippen MR) is 181 cm³/mol. The molecule has 10 heteroatoms. The lowest BCUT2D eigenvalue weighted by Gasteiger charge is -2.28. The van der Waals surface area contributed by atoms with Gasteiger partial charge in [-0.2, -0.15) is 0 Å². The van der Waals surface area contributed by atoms with Crippen molar-refractivity contribution in [3.8, 4) is 11.5 Å². The van der Waals surface area contributed by atoms with Gasteiger partial charge in [0.1, 0.15) is 6.61 Å². The van der Waals surface area contributed by atoms with Crippen LogP contribution in [0.3, 0.4) is 0 Å². The number of amides is 1. The van der Waals surface area contributed by atoms with Gasteiger partial charge in [-0.3, -0.25) is 9.69 Å². The molecule has 2 fully saturated rings. The molecule has 0 saturated carbocycles. The van der Waals surface area contributed by atoms with Crippen LogP contribution in [-0.4, -0.2) is 53.3 Å². The second kappa shape index (κ2) is 14.3. The summed E-state index contributed by atoms with van der Waals surface area (Å²) in [5.74, 6) is 0.0637. The maximum absolute atomic E-state index is 13.3. The summed E-state index contributed by atoms with van der Waals surface area (Å²) < 4.78 is 12.8. The second-order valence-corrected chi connectivity index (χ2v) is 12.3. The Balaban J connectivity index is 1.35. The first-order valence-corrected chi connectivity index (χ1v) is 16.3. The Bertz CT molecular complexity index is 1550. The van der Waals surface area contributed by atoms with Crippen LogP contribution in [0.1, 0.15) is 54.6 Å². The molecule has 0 aromatic heterocycles. The molecule has 2 aliphatic rings. The number of hydrogen-bond donors (Lipinski definition) is 1. The first kappa shape index (κ1) is 30.9. The molecule has 0 aliphatic carbocycles. The summed E-state index contributed by atoms with van der Waals surface area (Å²) in [6.07, 6.45) is 5.62. The molecule has 0 unspecified atom stereocenters. The molecule has 3 aromatic rings. The monoisotopic (exact) mass is 711 g/mol. The molecule has 0 radical (unpaired) electrons. The Morgan fingerprint density at radius 3 is 2.51 bits per heavy atom. The van der Waals surface area contributed by atoms with Gasteiger partial charge in [-0.1, -0.05) is 12.1 Å². The summed E-state index contributed by atoms with van der Waals surface area (Å²) in [4.78, 5) is 34.2. The van der Waals surface area contributed by atoms with Crippen LogP contribution in [0.2, 0.25) is 0 Å². The van der Waals surface area contributed by atoms with Crippen molar-refractivity contribution in [1.82, 2.24) is 4.90 Å². The second-order valence-electron chi connectivity index (χ2n) is 10.2. The van der Waals surface area contributed by atoms with E-state index < -0.39 is 5.97 Å². The third-order valence-electron chi connectivity index (χ3n) is 7.19. The van der Waals surface area contributed by atoms with Crippen LogP contribution in [0.15, 0.2) is 70.6 Å². The highest BCUT2D eigenvalue weighted by molar-refractivity contribution is 14.1. The fourth-order valence-electron chi connectivity index (χ4n) is 5.05. The van der Waals surface area contributed by atoms with E-state index in [2.05, 4.69) is 39.6 Å². The standard InChI is InChI=1S/C33H34IN3O5S/c1-3-37-31(38)29(43-33(37)35-25-11-13-26(14-12-25)36-15-6-5-7-16-36)20-23-18-27(34)30(28(19-23)41-4-2)42-21-22-9-8-10-24(17-22)32(39)40/h8-14,17-20H,3-7,15-16,21H2,1-2H3,(H,39,40)/b29-20-,35-33?. The van der Waals surface area contributed by atoms with Gasteiger partial charge in [0.25, 0.3) is 5.91 Å². The number of hydrogen-bond acceptors (Lipinski definition) is 7. The van der Waals surface area contributed by atoms with Crippen molar-refractivity contribution in [2.75, 3.05) is 31.1 Å². The Morgan fingerprint density at radius 1 is 1.05 bits per heavy atom. The van der Waals surface area contributed by atoms with E-state index in [1.807, 2.05) is 50.3 Å². The minimum absolute atomic E-state index is 0.0807. The number of nitrogens with zero attached hydrogens (tertiary/aromatic N) is 3. The maximum Gasteiger partial charge on any atom is 0.335 e. The molecular weight excluding hydrogens is 677 g/mol. The Hall–Kier alpha value is -3.51. The number of carbonyl (C=O) groups is 2. The maximum atomic E-state index is 13.3. The van der Waals surface area contributed by atoms with Crippen molar-refractivity contribution in [1.29, 1.82) is 0 Å². The van der Waals surface area contributed by atoms with Crippen molar-refractivity contribution >= 4 is 68.8 Å². The molecule has 0 spiro atoms. The molecule has 0 bridgehead atoms. The van der Waals surface area contributed by atoms with Crippen LogP contribution in [0.5, 0.6) is 11.5 Å². The zero-order chi connectivity index (χ0) is 30.3. The molecule has 1 amide bonds. The number of piperidine rings is 1. The number of ether oxygens (including phenoxy) is 2. The molecule has 43 heavy (non-hydrogen) atoms. The van der Waals surface area contributed by atoms with Crippen LogP contribution in [0.25, 0.3) is 6.08 Å². The first-order valence-electron chi connectivity index (χ1n) is 14.4. The fraction of sp³-hybridized carbons (Fsp3) is 0.303. The first-order chi connectivity index (χ1) is 20.9. The number of anilines is 1. The van der Waals surface area contributed by atoms with Crippen molar-refractivity contribution in [3.05, 3.63) is 85.8 Å². The number of likely N-dealkylation sites (N-methyl/N-ethyl adjacent to an activating group) is 1. The van der Waals surface area contributed by atoms with E-state index in [4.69, 9.17) is 14.5 Å². The summed E-state index contributed by atoms with van der Waals surface area (Å²) in [6.45, 7) is 7.18. The predicted octanol–water partition coefficient (Wildman–Crippen LogP) is 7.58. The van der Waals surface area contributed by atoms with Crippen LogP contribution in [0.4, 0.5) is 11.4 Å². The number of thioether (sulfide) groups is 1. The van der Waals surface area contributed by atoms with Crippen LogP contribution >= 0.6 is 34.4 Å². The number of carboxylic acid groups (broad SMARTS) is 1. The summed E-state index contributed by atoms with van der Waals surface area (Å²) >= 11 is 3.56. The molecule has 2 saturated heterocycles. The number of rotatable bonds is 10. The van der Waals surface area contributed by atoms with Gasteiger partial charge in [0, 0.05) is 25.3 Å². The quantitative estimate of drug-likeness (QED) is 0.171. The van der Waals surface area contributed by atoms with E-state index in [1.165, 1.54) is 36.7 Å². The highest BCUT2D eigenvalue weighted by Gasteiger charge is 2.32. The van der Waals surface area contributed by atoms with E-state index in [0.29, 0.717) is 34.7 Å². The third-order valence-corrected chi connectivity index (χ3v) is 8.99. The molecule has 2 aliphatic heterocycles. The van der Waals surface area contributed by atoms with Gasteiger partial charge in [0.2, 0.25) is 0 Å². The minimum Gasteiger partial charge on any atom is -0.490 e. The van der Waals surface area contributed by atoms with Gasteiger partial charge < -0.3 is 19.5 Å². The SMILES string of the molecule is CCOc1cc(/C=C2\SC(=Nc3ccc(N4CCCCC4)cc3)N(CC)C2=O)cc(I)c1OCc1cccc(C(=O)O)c1. The summed E-state index contributed by atoms with van der Waals surface area (Å²) in [6, 6.07) is 18.7. The molecule has 0 atom stereocenters. The number of aromatic carboxylic acids is 1. The van der Waals surface area contributed by atoms with Gasteiger partial charge in [-0.15, -0.1) is 0 Å². The molecule has 8 nitrogen and oxygen atoms in total. The molecular formula is C33H34IN3O5S. The number of amidine groups is 1. The lowest BCUT2D eigenvalue weighted by Crippen LogP contribution is -2.29. The van der Waals surface area contributed by atoms with E-state index in [-0.39, 0.29) is 18.1 Å². The summed E-state index contributed by atoms with van der Waals surface area (Å²) in [5, 5.41) is 9.95. The molecule has 224 valence electrons. The van der Waals surface area contributed by atoms with Gasteiger partial charge in [0.15, 0.2) is 16.7 Å². The topological polar surface area (TPSA) is 91.7 Å². The van der Waals surface area contributed by atoms with Gasteiger partial charge in [-0.25, -0.2) is 9.79 Å². The van der Waals surface area contributed by atoms with Crippen molar-refractivity contribution in [3.63, 3.8) is 0 Å². The number of benzene rings is 3. The Labute approximate surface area is 269 Å². The van der Waals surface area contributed by atoms with Crippen LogP contribution in [0, 0.1) is 3.57 Å². The Morgan fingerprint density at radius 2 is 1.81 bits per heavy atom. The van der Waals surface area contributed by atoms with Crippen molar-refractivity contribution in [2.45, 2.75) is 39.7 Å². The normalized spacial score (nSPS) is 17.1. The number of halogens is 1. The Kier molecular flexibility index (Phi) is 10.3. The zero-order valence-electron chi connectivity index (χ0n) is 24.2. The van der Waals surface area contributed by atoms with E-state index in [0.717, 1.165) is 33.5 Å². The number of carbonyl (C=O) groups excluding carboxylic acids is 1. The van der Waals surface area contributed by atoms with E-state index in [1.54, 1.807) is 23.1 Å². The third kappa shape index (κ3) is 7.53. The summed E-state index contributed by atoms with van der Waals surface area (Å²) in [7, 11) is 0. The molecule has 2 heterocycles. The van der Waals surface area contributed by atoms with Crippen molar-refractivity contribution < 1.29 is 24.2 Å². The van der Waals surface area contributed by atoms with E-state index in [9.17, 15) is 14.7 Å².